The van der Waals surface area contributed by atoms with Crippen LogP contribution in [0.1, 0.15) is 0 Å². The highest BCUT2D eigenvalue weighted by atomic mass is 35.5. The first kappa shape index (κ1) is 20.4. The van der Waals surface area contributed by atoms with Gasteiger partial charge in [-0.25, -0.2) is 21.8 Å². The zero-order valence-electron chi connectivity index (χ0n) is 14.0. The number of hydrogen-bond donors (Lipinski definition) is 2. The molecule has 2 N–H and O–H groups in total. The van der Waals surface area contributed by atoms with Crippen molar-refractivity contribution in [3.05, 3.63) is 77.0 Å². The molecule has 0 radical (unpaired) electrons. The maximum absolute atomic E-state index is 12.4. The van der Waals surface area contributed by atoms with Crippen LogP contribution in [0.2, 0.25) is 10.3 Å². The highest BCUT2D eigenvalue weighted by Crippen LogP contribution is 2.25. The summed E-state index contributed by atoms with van der Waals surface area (Å²) in [5, 5.41) is -0.212. The second kappa shape index (κ2) is 7.96. The minimum Gasteiger partial charge on any atom is -0.280 e. The monoisotopic (exact) mass is 457 g/mol. The number of aromatic nitrogens is 1. The summed E-state index contributed by atoms with van der Waals surface area (Å²) in [5.74, 6) is 0. The van der Waals surface area contributed by atoms with Gasteiger partial charge in [0, 0.05) is 11.4 Å². The van der Waals surface area contributed by atoms with Crippen LogP contribution >= 0.6 is 23.2 Å². The fourth-order valence-corrected chi connectivity index (χ4v) is 5.01. The van der Waals surface area contributed by atoms with Crippen molar-refractivity contribution in [2.24, 2.45) is 0 Å². The van der Waals surface area contributed by atoms with Crippen LogP contribution in [0.15, 0.2) is 76.5 Å². The zero-order valence-corrected chi connectivity index (χ0v) is 17.1. The SMILES string of the molecule is O=S(=O)(Nc1ccccc1)c1ccc(NS(=O)(=O)c2ccc(Cl)nc2Cl)cc1. The molecule has 0 fully saturated rings. The van der Waals surface area contributed by atoms with E-state index in [0.717, 1.165) is 0 Å². The number of nitrogens with one attached hydrogen (secondary N) is 2. The number of benzene rings is 2. The molecule has 11 heteroatoms. The fourth-order valence-electron chi connectivity index (χ4n) is 2.23. The van der Waals surface area contributed by atoms with Crippen LogP contribution in [0.5, 0.6) is 0 Å². The fraction of sp³-hybridized carbons (Fsp3) is 0. The lowest BCUT2D eigenvalue weighted by Crippen LogP contribution is -2.15. The van der Waals surface area contributed by atoms with E-state index in [9.17, 15) is 16.8 Å². The topological polar surface area (TPSA) is 105 Å². The van der Waals surface area contributed by atoms with Gasteiger partial charge in [-0.05, 0) is 48.5 Å². The lowest BCUT2D eigenvalue weighted by molar-refractivity contribution is 0.600. The summed E-state index contributed by atoms with van der Waals surface area (Å²) in [4.78, 5) is 3.42. The molecule has 3 aromatic rings. The maximum Gasteiger partial charge on any atom is 0.264 e. The van der Waals surface area contributed by atoms with Gasteiger partial charge in [-0.15, -0.1) is 0 Å². The average molecular weight is 458 g/mol. The van der Waals surface area contributed by atoms with Crippen molar-refractivity contribution in [3.8, 4) is 0 Å². The van der Waals surface area contributed by atoms with Crippen LogP contribution in [0, 0.1) is 0 Å². The lowest BCUT2D eigenvalue weighted by Gasteiger charge is -2.11. The van der Waals surface area contributed by atoms with Crippen molar-refractivity contribution in [3.63, 3.8) is 0 Å². The van der Waals surface area contributed by atoms with Crippen LogP contribution < -0.4 is 9.44 Å². The number of para-hydroxylation sites is 1. The Morgan fingerprint density at radius 3 is 1.86 bits per heavy atom. The molecule has 0 amide bonds. The summed E-state index contributed by atoms with van der Waals surface area (Å²) in [7, 11) is -7.84. The Kier molecular flexibility index (Phi) is 5.80. The summed E-state index contributed by atoms with van der Waals surface area (Å²) in [6.07, 6.45) is 0. The van der Waals surface area contributed by atoms with Gasteiger partial charge < -0.3 is 0 Å². The summed E-state index contributed by atoms with van der Waals surface area (Å²) < 4.78 is 54.5. The van der Waals surface area contributed by atoms with E-state index >= 15 is 0 Å². The Morgan fingerprint density at radius 2 is 1.25 bits per heavy atom. The minimum absolute atomic E-state index is 0.0227. The number of hydrogen-bond acceptors (Lipinski definition) is 5. The van der Waals surface area contributed by atoms with E-state index in [0.29, 0.717) is 5.69 Å². The molecule has 0 unspecified atom stereocenters. The Balaban J connectivity index is 1.81. The summed E-state index contributed by atoms with van der Waals surface area (Å²) in [6.45, 7) is 0. The third-order valence-electron chi connectivity index (χ3n) is 3.51. The van der Waals surface area contributed by atoms with Crippen molar-refractivity contribution in [1.29, 1.82) is 0 Å². The molecule has 1 heterocycles. The molecule has 2 aromatic carbocycles. The number of rotatable bonds is 6. The first-order chi connectivity index (χ1) is 13.2. The summed E-state index contributed by atoms with van der Waals surface area (Å²) in [6, 6.07) is 16.1. The molecule has 7 nitrogen and oxygen atoms in total. The molecule has 0 atom stereocenters. The minimum atomic E-state index is -4.03. The molecule has 0 aliphatic heterocycles. The van der Waals surface area contributed by atoms with E-state index in [4.69, 9.17) is 23.2 Å². The van der Waals surface area contributed by atoms with Gasteiger partial charge in [-0.1, -0.05) is 41.4 Å². The number of nitrogens with zero attached hydrogens (tertiary/aromatic N) is 1. The molecular formula is C17H13Cl2N3O4S2. The van der Waals surface area contributed by atoms with Gasteiger partial charge >= 0.3 is 0 Å². The largest absolute Gasteiger partial charge is 0.280 e. The second-order valence-corrected chi connectivity index (χ2v) is 9.60. The molecule has 0 aliphatic rings. The van der Waals surface area contributed by atoms with Gasteiger partial charge in [0.15, 0.2) is 5.15 Å². The molecule has 0 spiro atoms. The molecule has 1 aromatic heterocycles. The Hall–Kier alpha value is -2.33. The van der Waals surface area contributed by atoms with Crippen LogP contribution in [-0.2, 0) is 20.0 Å². The van der Waals surface area contributed by atoms with Crippen LogP contribution in [0.4, 0.5) is 11.4 Å². The highest BCUT2D eigenvalue weighted by Gasteiger charge is 2.20. The van der Waals surface area contributed by atoms with Crippen LogP contribution in [0.3, 0.4) is 0 Å². The van der Waals surface area contributed by atoms with Crippen molar-refractivity contribution >= 4 is 54.6 Å². The van der Waals surface area contributed by atoms with Gasteiger partial charge in [0.1, 0.15) is 10.0 Å². The van der Waals surface area contributed by atoms with Crippen LogP contribution in [0.25, 0.3) is 0 Å². The third-order valence-corrected chi connectivity index (χ3v) is 6.93. The van der Waals surface area contributed by atoms with E-state index in [1.165, 1.54) is 36.4 Å². The summed E-state index contributed by atoms with van der Waals surface area (Å²) >= 11 is 11.5. The normalized spacial score (nSPS) is 11.8. The van der Waals surface area contributed by atoms with Crippen molar-refractivity contribution in [1.82, 2.24) is 4.98 Å². The first-order valence-electron chi connectivity index (χ1n) is 7.70. The predicted molar refractivity (Wildman–Crippen MR) is 109 cm³/mol. The van der Waals surface area contributed by atoms with Gasteiger partial charge in [0.25, 0.3) is 20.0 Å². The standard InChI is InChI=1S/C17H13Cl2N3O4S2/c18-16-11-10-15(17(19)20-16)28(25,26)22-13-6-8-14(9-7-13)27(23,24)21-12-4-2-1-3-5-12/h1-11,21-22H. The molecule has 28 heavy (non-hydrogen) atoms. The molecule has 0 saturated carbocycles. The first-order valence-corrected chi connectivity index (χ1v) is 11.4. The average Bonchev–Trinajstić information content (AvgIpc) is 2.62. The zero-order chi connectivity index (χ0) is 20.4. The van der Waals surface area contributed by atoms with Crippen molar-refractivity contribution in [2.75, 3.05) is 9.44 Å². The smallest absolute Gasteiger partial charge is 0.264 e. The lowest BCUT2D eigenvalue weighted by atomic mass is 10.3. The number of pyridine rings is 1. The Labute approximate surface area is 172 Å². The Morgan fingerprint density at radius 1 is 0.679 bits per heavy atom. The predicted octanol–water partition coefficient (Wildman–Crippen LogP) is 3.99. The van der Waals surface area contributed by atoms with E-state index in [1.807, 2.05) is 0 Å². The van der Waals surface area contributed by atoms with E-state index in [2.05, 4.69) is 14.4 Å². The molecule has 0 bridgehead atoms. The molecule has 3 rings (SSSR count). The van der Waals surface area contributed by atoms with Crippen LogP contribution in [-0.4, -0.2) is 21.8 Å². The molecule has 146 valence electrons. The van der Waals surface area contributed by atoms with E-state index in [1.54, 1.807) is 30.3 Å². The molecule has 0 aliphatic carbocycles. The molecular weight excluding hydrogens is 445 g/mol. The van der Waals surface area contributed by atoms with E-state index < -0.39 is 20.0 Å². The Bertz CT molecular complexity index is 1200. The summed E-state index contributed by atoms with van der Waals surface area (Å²) in [5.41, 5.74) is 0.571. The number of anilines is 2. The quantitative estimate of drug-likeness (QED) is 0.544. The van der Waals surface area contributed by atoms with Gasteiger partial charge in [-0.2, -0.15) is 0 Å². The third kappa shape index (κ3) is 4.74. The molecule has 0 saturated heterocycles. The van der Waals surface area contributed by atoms with Crippen molar-refractivity contribution in [2.45, 2.75) is 9.79 Å². The van der Waals surface area contributed by atoms with E-state index in [-0.39, 0.29) is 25.8 Å². The van der Waals surface area contributed by atoms with Gasteiger partial charge in [0.2, 0.25) is 0 Å². The van der Waals surface area contributed by atoms with Gasteiger partial charge in [0.05, 0.1) is 4.90 Å². The maximum atomic E-state index is 12.4. The van der Waals surface area contributed by atoms with Gasteiger partial charge in [-0.3, -0.25) is 9.44 Å². The number of halogens is 2. The second-order valence-electron chi connectivity index (χ2n) is 5.52. The number of sulfonamides is 2. The van der Waals surface area contributed by atoms with Crippen molar-refractivity contribution < 1.29 is 16.8 Å². The highest BCUT2D eigenvalue weighted by molar-refractivity contribution is 7.93.